The molecule has 0 N–H and O–H groups in total. The van der Waals surface area contributed by atoms with E-state index in [4.69, 9.17) is 23.8 Å². The van der Waals surface area contributed by atoms with Crippen molar-refractivity contribution in [3.8, 4) is 56.4 Å². The summed E-state index contributed by atoms with van der Waals surface area (Å²) < 4.78 is 13.5. The van der Waals surface area contributed by atoms with Crippen molar-refractivity contribution in [3.63, 3.8) is 0 Å². The number of fused-ring (bicyclic) bond motifs is 10. The molecule has 5 nitrogen and oxygen atoms in total. The van der Waals surface area contributed by atoms with E-state index in [-0.39, 0.29) is 0 Å². The van der Waals surface area contributed by atoms with Crippen LogP contribution >= 0.6 is 0 Å². The zero-order valence-electron chi connectivity index (χ0n) is 31.1. The molecule has 9 aromatic carbocycles. The second-order valence-corrected chi connectivity index (χ2v) is 14.7. The highest BCUT2D eigenvalue weighted by atomic mass is 16.3. The predicted molar refractivity (Wildman–Crippen MR) is 237 cm³/mol. The Hall–Kier alpha value is -7.89. The monoisotopic (exact) mass is 741 g/mol. The normalized spacial score (nSPS) is 11.8. The van der Waals surface area contributed by atoms with Crippen molar-refractivity contribution >= 4 is 65.4 Å². The Morgan fingerprint density at radius 1 is 0.276 bits per heavy atom. The van der Waals surface area contributed by atoms with Gasteiger partial charge in [0.05, 0.1) is 0 Å². The summed E-state index contributed by atoms with van der Waals surface area (Å²) >= 11 is 0. The van der Waals surface area contributed by atoms with Gasteiger partial charge in [0.1, 0.15) is 22.3 Å². The van der Waals surface area contributed by atoms with Gasteiger partial charge >= 0.3 is 0 Å². The van der Waals surface area contributed by atoms with E-state index in [9.17, 15) is 0 Å². The molecule has 12 rings (SSSR count). The maximum Gasteiger partial charge on any atom is 0.164 e. The fraction of sp³-hybridized carbons (Fsp3) is 0. The Kier molecular flexibility index (Phi) is 7.16. The number of aromatic nitrogens is 3. The van der Waals surface area contributed by atoms with Crippen LogP contribution in [0.4, 0.5) is 0 Å². The lowest BCUT2D eigenvalue weighted by molar-refractivity contribution is 0.672. The molecule has 0 saturated carbocycles. The third-order valence-electron chi connectivity index (χ3n) is 11.3. The van der Waals surface area contributed by atoms with E-state index in [1.54, 1.807) is 0 Å². The van der Waals surface area contributed by atoms with Crippen molar-refractivity contribution in [2.24, 2.45) is 0 Å². The van der Waals surface area contributed by atoms with Crippen LogP contribution in [0, 0.1) is 0 Å². The zero-order valence-corrected chi connectivity index (χ0v) is 31.1. The minimum Gasteiger partial charge on any atom is -0.455 e. The Morgan fingerprint density at radius 3 is 1.12 bits per heavy atom. The molecular formula is C53H31N3O2. The maximum absolute atomic E-state index is 6.76. The summed E-state index contributed by atoms with van der Waals surface area (Å²) in [6, 6.07) is 64.9. The van der Waals surface area contributed by atoms with Gasteiger partial charge in [-0.3, -0.25) is 0 Å². The fourth-order valence-corrected chi connectivity index (χ4v) is 8.70. The number of hydrogen-bond acceptors (Lipinski definition) is 5. The van der Waals surface area contributed by atoms with Gasteiger partial charge in [0.15, 0.2) is 17.5 Å². The lowest BCUT2D eigenvalue weighted by atomic mass is 9.93. The van der Waals surface area contributed by atoms with Crippen molar-refractivity contribution in [2.75, 3.05) is 0 Å². The standard InChI is InChI=1S/C53H31N3O2/c1-4-16-32(17-5-1)35-24-14-26-37-41(35)30-43(47-39-22-10-12-28-45(39)57-49(37)47)52-54-51(34-20-8-3-9-21-34)55-53(56-52)44-31-42-36(33-18-6-2-7-19-33)25-15-27-38(42)50-48(44)40-23-11-13-29-46(40)58-50/h1-31H. The highest BCUT2D eigenvalue weighted by Gasteiger charge is 2.24. The Labute approximate surface area is 332 Å². The first-order valence-corrected chi connectivity index (χ1v) is 19.4. The van der Waals surface area contributed by atoms with Crippen LogP contribution in [-0.2, 0) is 0 Å². The quantitative estimate of drug-likeness (QED) is 0.176. The van der Waals surface area contributed by atoms with Crippen LogP contribution in [0.15, 0.2) is 197 Å². The Bertz CT molecular complexity index is 3340. The average molecular weight is 742 g/mol. The Morgan fingerprint density at radius 2 is 0.655 bits per heavy atom. The molecule has 270 valence electrons. The molecule has 0 spiro atoms. The highest BCUT2D eigenvalue weighted by Crippen LogP contribution is 2.46. The summed E-state index contributed by atoms with van der Waals surface area (Å²) in [5.41, 5.74) is 10.3. The molecule has 12 aromatic rings. The fourth-order valence-electron chi connectivity index (χ4n) is 8.70. The molecule has 0 bridgehead atoms. The van der Waals surface area contributed by atoms with Gasteiger partial charge in [-0.05, 0) is 57.3 Å². The number of benzene rings is 9. The van der Waals surface area contributed by atoms with Crippen molar-refractivity contribution in [2.45, 2.75) is 0 Å². The van der Waals surface area contributed by atoms with E-state index < -0.39 is 0 Å². The van der Waals surface area contributed by atoms with Crippen LogP contribution in [0.3, 0.4) is 0 Å². The van der Waals surface area contributed by atoms with Crippen molar-refractivity contribution < 1.29 is 8.83 Å². The molecular weight excluding hydrogens is 711 g/mol. The number of para-hydroxylation sites is 2. The molecule has 0 aliphatic heterocycles. The summed E-state index contributed by atoms with van der Waals surface area (Å²) in [5.74, 6) is 1.69. The molecule has 0 amide bonds. The van der Waals surface area contributed by atoms with Gasteiger partial charge in [0, 0.05) is 49.0 Å². The summed E-state index contributed by atoms with van der Waals surface area (Å²) in [6.45, 7) is 0. The Balaban J connectivity index is 1.22. The zero-order chi connectivity index (χ0) is 38.2. The average Bonchev–Trinajstić information content (AvgIpc) is 3.89. The summed E-state index contributed by atoms with van der Waals surface area (Å²) in [7, 11) is 0. The molecule has 5 heteroatoms. The van der Waals surface area contributed by atoms with E-state index in [2.05, 4.69) is 133 Å². The molecule has 0 fully saturated rings. The van der Waals surface area contributed by atoms with Crippen molar-refractivity contribution in [1.82, 2.24) is 15.0 Å². The van der Waals surface area contributed by atoms with Crippen LogP contribution in [0.25, 0.3) is 122 Å². The molecule has 3 aromatic heterocycles. The molecule has 0 aliphatic carbocycles. The molecule has 0 atom stereocenters. The van der Waals surface area contributed by atoms with Gasteiger partial charge < -0.3 is 8.83 Å². The van der Waals surface area contributed by atoms with E-state index >= 15 is 0 Å². The van der Waals surface area contributed by atoms with Crippen LogP contribution in [0.2, 0.25) is 0 Å². The summed E-state index contributed by atoms with van der Waals surface area (Å²) in [4.78, 5) is 16.1. The molecule has 0 aliphatic rings. The molecule has 0 radical (unpaired) electrons. The molecule has 0 saturated heterocycles. The third kappa shape index (κ3) is 5.00. The van der Waals surface area contributed by atoms with Gasteiger partial charge in [-0.1, -0.05) is 164 Å². The largest absolute Gasteiger partial charge is 0.455 e. The first-order valence-electron chi connectivity index (χ1n) is 19.4. The SMILES string of the molecule is c1ccc(-c2nc(-c3cc4c(-c5ccccc5)cccc4c4oc5ccccc5c34)nc(-c3cc4c(-c5ccccc5)cccc4c4oc5ccccc5c34)n2)cc1. The van der Waals surface area contributed by atoms with Gasteiger partial charge in [0.25, 0.3) is 0 Å². The summed E-state index contributed by atoms with van der Waals surface area (Å²) in [5, 5.41) is 8.11. The first kappa shape index (κ1) is 32.4. The molecule has 0 unspecified atom stereocenters. The van der Waals surface area contributed by atoms with E-state index in [0.717, 1.165) is 104 Å². The predicted octanol–water partition coefficient (Wildman–Crippen LogP) is 14.3. The third-order valence-corrected chi connectivity index (χ3v) is 11.3. The highest BCUT2D eigenvalue weighted by molar-refractivity contribution is 6.24. The van der Waals surface area contributed by atoms with Gasteiger partial charge in [-0.15, -0.1) is 0 Å². The van der Waals surface area contributed by atoms with Gasteiger partial charge in [-0.2, -0.15) is 0 Å². The summed E-state index contributed by atoms with van der Waals surface area (Å²) in [6.07, 6.45) is 0. The van der Waals surface area contributed by atoms with Crippen LogP contribution in [-0.4, -0.2) is 15.0 Å². The molecule has 58 heavy (non-hydrogen) atoms. The van der Waals surface area contributed by atoms with Crippen LogP contribution < -0.4 is 0 Å². The van der Waals surface area contributed by atoms with Crippen molar-refractivity contribution in [1.29, 1.82) is 0 Å². The minimum absolute atomic E-state index is 0.558. The molecule has 3 heterocycles. The number of furan rings is 2. The van der Waals surface area contributed by atoms with Crippen molar-refractivity contribution in [3.05, 3.63) is 188 Å². The van der Waals surface area contributed by atoms with E-state index in [1.165, 1.54) is 0 Å². The number of nitrogens with zero attached hydrogens (tertiary/aromatic N) is 3. The number of rotatable bonds is 5. The maximum atomic E-state index is 6.76. The second-order valence-electron chi connectivity index (χ2n) is 14.7. The lowest BCUT2D eigenvalue weighted by Crippen LogP contribution is -2.01. The van der Waals surface area contributed by atoms with Crippen LogP contribution in [0.1, 0.15) is 0 Å². The lowest BCUT2D eigenvalue weighted by Gasteiger charge is -2.14. The smallest absolute Gasteiger partial charge is 0.164 e. The topological polar surface area (TPSA) is 65.0 Å². The number of hydrogen-bond donors (Lipinski definition) is 0. The van der Waals surface area contributed by atoms with E-state index in [0.29, 0.717) is 17.5 Å². The van der Waals surface area contributed by atoms with E-state index in [1.807, 2.05) is 54.6 Å². The van der Waals surface area contributed by atoms with Gasteiger partial charge in [0.2, 0.25) is 0 Å². The second kappa shape index (κ2) is 12.8. The van der Waals surface area contributed by atoms with Crippen LogP contribution in [0.5, 0.6) is 0 Å². The minimum atomic E-state index is 0.558. The first-order chi connectivity index (χ1) is 28.8. The van der Waals surface area contributed by atoms with Gasteiger partial charge in [-0.25, -0.2) is 15.0 Å².